The van der Waals surface area contributed by atoms with Crippen LogP contribution in [0.15, 0.2) is 66.8 Å². The van der Waals surface area contributed by atoms with Crippen LogP contribution in [-0.4, -0.2) is 30.1 Å². The molecule has 4 nitrogen and oxygen atoms in total. The van der Waals surface area contributed by atoms with E-state index in [1.165, 1.54) is 32.8 Å². The zero-order valence-electron chi connectivity index (χ0n) is 20.8. The molecule has 0 radical (unpaired) electrons. The van der Waals surface area contributed by atoms with Gasteiger partial charge in [0, 0.05) is 20.0 Å². The van der Waals surface area contributed by atoms with Crippen LogP contribution in [0.2, 0.25) is 0 Å². The van der Waals surface area contributed by atoms with Gasteiger partial charge in [-0.05, 0) is 62.6 Å². The Morgan fingerprint density at radius 3 is 2.06 bits per heavy atom. The number of hydrogen-bond acceptors (Lipinski definition) is 3. The summed E-state index contributed by atoms with van der Waals surface area (Å²) in [6, 6.07) is 5.16. The topological polar surface area (TPSA) is 49.8 Å². The molecular formula is C29H43NO3. The molecule has 33 heavy (non-hydrogen) atoms. The van der Waals surface area contributed by atoms with Gasteiger partial charge >= 0.3 is 0 Å². The number of nitrogens with zero attached hydrogens (tertiary/aromatic N) is 1. The second kappa shape index (κ2) is 18.8. The number of phenolic OH excluding ortho intramolecular Hbond substituents is 1. The predicted octanol–water partition coefficient (Wildman–Crippen LogP) is 7.50. The molecule has 0 unspecified atom stereocenters. The van der Waals surface area contributed by atoms with Crippen molar-refractivity contribution in [3.63, 3.8) is 0 Å². The molecule has 0 heterocycles. The van der Waals surface area contributed by atoms with Crippen molar-refractivity contribution >= 4 is 5.91 Å². The third kappa shape index (κ3) is 14.1. The fourth-order valence-electron chi connectivity index (χ4n) is 3.31. The van der Waals surface area contributed by atoms with Crippen LogP contribution in [0.5, 0.6) is 11.5 Å². The first kappa shape index (κ1) is 28.3. The molecule has 1 amide bonds. The first-order chi connectivity index (χ1) is 16.1. The number of carbonyl (C=O) groups excluding carboxylic acids is 1. The van der Waals surface area contributed by atoms with Crippen molar-refractivity contribution in [3.8, 4) is 11.5 Å². The van der Waals surface area contributed by atoms with Gasteiger partial charge in [-0.25, -0.2) is 0 Å². The van der Waals surface area contributed by atoms with Gasteiger partial charge in [0.1, 0.15) is 0 Å². The van der Waals surface area contributed by atoms with E-state index in [-0.39, 0.29) is 11.7 Å². The molecule has 0 bridgehead atoms. The largest absolute Gasteiger partial charge is 0.504 e. The lowest BCUT2D eigenvalue weighted by molar-refractivity contribution is -0.130. The van der Waals surface area contributed by atoms with Crippen molar-refractivity contribution in [1.82, 2.24) is 4.90 Å². The van der Waals surface area contributed by atoms with E-state index < -0.39 is 0 Å². The Labute approximate surface area is 201 Å². The number of carbonyl (C=O) groups is 1. The summed E-state index contributed by atoms with van der Waals surface area (Å²) < 4.78 is 5.12. The highest BCUT2D eigenvalue weighted by Crippen LogP contribution is 2.26. The van der Waals surface area contributed by atoms with E-state index in [0.29, 0.717) is 18.7 Å². The van der Waals surface area contributed by atoms with Crippen LogP contribution < -0.4 is 4.74 Å². The number of ether oxygens (including phenoxy) is 1. The average Bonchev–Trinajstić information content (AvgIpc) is 2.82. The van der Waals surface area contributed by atoms with Crippen molar-refractivity contribution in [2.75, 3.05) is 14.2 Å². The van der Waals surface area contributed by atoms with Gasteiger partial charge in [-0.15, -0.1) is 0 Å². The minimum absolute atomic E-state index is 0.106. The van der Waals surface area contributed by atoms with E-state index in [0.717, 1.165) is 37.7 Å². The number of allylic oxidation sites excluding steroid dienone is 8. The van der Waals surface area contributed by atoms with E-state index >= 15 is 0 Å². The first-order valence-electron chi connectivity index (χ1n) is 12.3. The van der Waals surface area contributed by atoms with E-state index in [9.17, 15) is 9.90 Å². The summed E-state index contributed by atoms with van der Waals surface area (Å²) in [7, 11) is 3.32. The molecule has 1 N–H and O–H groups in total. The van der Waals surface area contributed by atoms with Gasteiger partial charge in [0.25, 0.3) is 0 Å². The van der Waals surface area contributed by atoms with Crippen LogP contribution in [0, 0.1) is 0 Å². The molecular weight excluding hydrogens is 410 g/mol. The summed E-state index contributed by atoms with van der Waals surface area (Å²) in [5.41, 5.74) is 0.931. The molecule has 1 aromatic rings. The molecule has 0 spiro atoms. The zero-order chi connectivity index (χ0) is 24.2. The number of methoxy groups -OCH3 is 1. The van der Waals surface area contributed by atoms with Gasteiger partial charge in [0.15, 0.2) is 11.5 Å². The summed E-state index contributed by atoms with van der Waals surface area (Å²) in [6.45, 7) is 2.74. The maximum absolute atomic E-state index is 12.3. The summed E-state index contributed by atoms with van der Waals surface area (Å²) in [5, 5.41) is 9.67. The van der Waals surface area contributed by atoms with Crippen LogP contribution in [0.4, 0.5) is 0 Å². The number of phenols is 1. The smallest absolute Gasteiger partial charge is 0.222 e. The first-order valence-corrected chi connectivity index (χ1v) is 12.3. The van der Waals surface area contributed by atoms with E-state index in [2.05, 4.69) is 55.5 Å². The van der Waals surface area contributed by atoms with E-state index in [1.54, 1.807) is 30.1 Å². The van der Waals surface area contributed by atoms with E-state index in [4.69, 9.17) is 4.74 Å². The fourth-order valence-corrected chi connectivity index (χ4v) is 3.31. The second-order valence-corrected chi connectivity index (χ2v) is 8.24. The fraction of sp³-hybridized carbons (Fsp3) is 0.483. The van der Waals surface area contributed by atoms with Gasteiger partial charge in [0.2, 0.25) is 5.91 Å². The van der Waals surface area contributed by atoms with Crippen molar-refractivity contribution in [1.29, 1.82) is 0 Å². The van der Waals surface area contributed by atoms with Gasteiger partial charge in [-0.2, -0.15) is 0 Å². The monoisotopic (exact) mass is 453 g/mol. The highest BCUT2D eigenvalue weighted by Gasteiger charge is 2.10. The minimum Gasteiger partial charge on any atom is -0.504 e. The van der Waals surface area contributed by atoms with Crippen LogP contribution in [0.25, 0.3) is 0 Å². The number of amides is 1. The Kier molecular flexibility index (Phi) is 16.1. The number of unbranched alkanes of at least 4 members (excludes halogenated alkanes) is 4. The third-order valence-corrected chi connectivity index (χ3v) is 5.31. The summed E-state index contributed by atoms with van der Waals surface area (Å²) >= 11 is 0. The van der Waals surface area contributed by atoms with E-state index in [1.807, 2.05) is 0 Å². The Morgan fingerprint density at radius 2 is 1.48 bits per heavy atom. The van der Waals surface area contributed by atoms with Crippen LogP contribution in [0.3, 0.4) is 0 Å². The minimum atomic E-state index is 0.106. The molecule has 0 saturated heterocycles. The van der Waals surface area contributed by atoms with Crippen molar-refractivity contribution in [3.05, 3.63) is 72.4 Å². The average molecular weight is 454 g/mol. The van der Waals surface area contributed by atoms with Crippen LogP contribution in [-0.2, 0) is 11.3 Å². The Bertz CT molecular complexity index is 777. The molecule has 182 valence electrons. The Morgan fingerprint density at radius 1 is 0.909 bits per heavy atom. The quantitative estimate of drug-likeness (QED) is 0.196. The molecule has 0 aromatic heterocycles. The maximum Gasteiger partial charge on any atom is 0.222 e. The highest BCUT2D eigenvalue weighted by molar-refractivity contribution is 5.75. The zero-order valence-corrected chi connectivity index (χ0v) is 20.8. The second-order valence-electron chi connectivity index (χ2n) is 8.24. The molecule has 0 fully saturated rings. The molecule has 0 atom stereocenters. The Hall–Kier alpha value is -2.75. The van der Waals surface area contributed by atoms with Gasteiger partial charge in [-0.1, -0.05) is 74.4 Å². The molecule has 0 aliphatic carbocycles. The molecule has 1 rings (SSSR count). The normalized spacial score (nSPS) is 12.0. The van der Waals surface area contributed by atoms with Crippen LogP contribution >= 0.6 is 0 Å². The van der Waals surface area contributed by atoms with Crippen molar-refractivity contribution in [2.45, 2.75) is 77.7 Å². The summed E-state index contributed by atoms with van der Waals surface area (Å²) in [6.07, 6.45) is 28.0. The SMILES string of the molecule is CCCCCC=CCC=CCC=CCC=CCCCC(=O)N(C)Cc1ccc(O)c(OC)c1. The third-order valence-electron chi connectivity index (χ3n) is 5.31. The lowest BCUT2D eigenvalue weighted by Gasteiger charge is -2.17. The van der Waals surface area contributed by atoms with Crippen molar-refractivity contribution in [2.24, 2.45) is 0 Å². The summed E-state index contributed by atoms with van der Waals surface area (Å²) in [4.78, 5) is 14.0. The number of rotatable bonds is 17. The number of hydrogen-bond donors (Lipinski definition) is 1. The molecule has 0 saturated carbocycles. The Balaban J connectivity index is 2.10. The number of aromatic hydroxyl groups is 1. The lowest BCUT2D eigenvalue weighted by atomic mass is 10.1. The predicted molar refractivity (Wildman–Crippen MR) is 140 cm³/mol. The molecule has 1 aromatic carbocycles. The molecule has 0 aliphatic heterocycles. The van der Waals surface area contributed by atoms with Crippen LogP contribution in [0.1, 0.15) is 76.7 Å². The van der Waals surface area contributed by atoms with Gasteiger partial charge < -0.3 is 14.7 Å². The number of benzene rings is 1. The highest BCUT2D eigenvalue weighted by atomic mass is 16.5. The standard InChI is InChI=1S/C29H43NO3/c1-4-5-6-7-8-9-10-11-12-13-14-15-16-17-18-19-20-21-29(32)30(2)25-26-22-23-27(31)28(24-26)33-3/h8-9,11-12,14-15,17-18,22-24,31H,4-7,10,13,16,19-21,25H2,1-3H3. The summed E-state index contributed by atoms with van der Waals surface area (Å²) in [5.74, 6) is 0.654. The van der Waals surface area contributed by atoms with Crippen molar-refractivity contribution < 1.29 is 14.6 Å². The molecule has 4 heteroatoms. The lowest BCUT2D eigenvalue weighted by Crippen LogP contribution is -2.25. The van der Waals surface area contributed by atoms with Gasteiger partial charge in [0.05, 0.1) is 7.11 Å². The maximum atomic E-state index is 12.3. The molecule has 0 aliphatic rings. The van der Waals surface area contributed by atoms with Gasteiger partial charge in [-0.3, -0.25) is 4.79 Å².